The Morgan fingerprint density at radius 3 is 2.87 bits per heavy atom. The largest absolute Gasteiger partial charge is 0.394 e. The SMILES string of the molecule is CCNC1(CO)CCC(OCC(F)F)C1. The van der Waals surface area contributed by atoms with Crippen LogP contribution in [0.5, 0.6) is 0 Å². The summed E-state index contributed by atoms with van der Waals surface area (Å²) in [6.45, 7) is 2.26. The highest BCUT2D eigenvalue weighted by Crippen LogP contribution is 2.31. The molecule has 2 atom stereocenters. The molecule has 0 aromatic rings. The topological polar surface area (TPSA) is 41.5 Å². The first kappa shape index (κ1) is 12.8. The standard InChI is InChI=1S/C10H19F2NO2/c1-2-13-10(7-14)4-3-8(5-10)15-6-9(11)12/h8-9,13-14H,2-7H2,1H3. The Bertz CT molecular complexity index is 192. The van der Waals surface area contributed by atoms with Crippen LogP contribution in [0.4, 0.5) is 8.78 Å². The predicted molar refractivity (Wildman–Crippen MR) is 53.1 cm³/mol. The number of aliphatic hydroxyl groups is 1. The normalized spacial score (nSPS) is 31.4. The molecule has 0 spiro atoms. The molecule has 1 aliphatic rings. The Hall–Kier alpha value is -0.260. The van der Waals surface area contributed by atoms with Gasteiger partial charge in [0.1, 0.15) is 6.61 Å². The Balaban J connectivity index is 2.35. The van der Waals surface area contributed by atoms with Crippen LogP contribution in [0, 0.1) is 0 Å². The van der Waals surface area contributed by atoms with Gasteiger partial charge in [0.25, 0.3) is 6.43 Å². The highest BCUT2D eigenvalue weighted by molar-refractivity contribution is 4.96. The van der Waals surface area contributed by atoms with Crippen molar-refractivity contribution in [2.45, 2.75) is 44.3 Å². The molecule has 0 saturated heterocycles. The van der Waals surface area contributed by atoms with E-state index >= 15 is 0 Å². The van der Waals surface area contributed by atoms with Crippen LogP contribution in [0.25, 0.3) is 0 Å². The minimum absolute atomic E-state index is 0.0371. The van der Waals surface area contributed by atoms with Crippen LogP contribution in [0.3, 0.4) is 0 Å². The van der Waals surface area contributed by atoms with Gasteiger partial charge < -0.3 is 15.2 Å². The van der Waals surface area contributed by atoms with Gasteiger partial charge in [0, 0.05) is 5.54 Å². The van der Waals surface area contributed by atoms with Crippen LogP contribution in [0.1, 0.15) is 26.2 Å². The van der Waals surface area contributed by atoms with Crippen molar-refractivity contribution in [2.24, 2.45) is 0 Å². The van der Waals surface area contributed by atoms with Crippen molar-refractivity contribution in [1.29, 1.82) is 0 Å². The van der Waals surface area contributed by atoms with E-state index < -0.39 is 13.0 Å². The fraction of sp³-hybridized carbons (Fsp3) is 1.00. The van der Waals surface area contributed by atoms with E-state index in [1.54, 1.807) is 0 Å². The average molecular weight is 223 g/mol. The summed E-state index contributed by atoms with van der Waals surface area (Å²) in [7, 11) is 0. The zero-order valence-electron chi connectivity index (χ0n) is 9.01. The van der Waals surface area contributed by atoms with Crippen molar-refractivity contribution in [3.05, 3.63) is 0 Å². The van der Waals surface area contributed by atoms with E-state index in [-0.39, 0.29) is 18.2 Å². The molecule has 5 heteroatoms. The first-order valence-electron chi connectivity index (χ1n) is 5.37. The molecule has 0 amide bonds. The van der Waals surface area contributed by atoms with Gasteiger partial charge in [-0.05, 0) is 25.8 Å². The number of alkyl halides is 2. The minimum Gasteiger partial charge on any atom is -0.394 e. The Kier molecular flexibility index (Phi) is 4.89. The lowest BCUT2D eigenvalue weighted by atomic mass is 9.99. The molecule has 0 bridgehead atoms. The fourth-order valence-corrected chi connectivity index (χ4v) is 2.16. The second kappa shape index (κ2) is 5.72. The molecule has 1 fully saturated rings. The number of hydrogen-bond acceptors (Lipinski definition) is 3. The summed E-state index contributed by atoms with van der Waals surface area (Å²) < 4.78 is 28.9. The summed E-state index contributed by atoms with van der Waals surface area (Å²) in [4.78, 5) is 0. The van der Waals surface area contributed by atoms with Gasteiger partial charge in [-0.15, -0.1) is 0 Å². The zero-order valence-corrected chi connectivity index (χ0v) is 9.01. The monoisotopic (exact) mass is 223 g/mol. The summed E-state index contributed by atoms with van der Waals surface area (Å²) in [5, 5.41) is 12.5. The molecule has 15 heavy (non-hydrogen) atoms. The van der Waals surface area contributed by atoms with E-state index in [9.17, 15) is 13.9 Å². The predicted octanol–water partition coefficient (Wildman–Crippen LogP) is 1.16. The first-order valence-corrected chi connectivity index (χ1v) is 5.37. The molecule has 2 N–H and O–H groups in total. The minimum atomic E-state index is -2.41. The summed E-state index contributed by atoms with van der Waals surface area (Å²) >= 11 is 0. The molecule has 90 valence electrons. The number of halogens is 2. The van der Waals surface area contributed by atoms with E-state index in [1.165, 1.54) is 0 Å². The molecule has 1 aliphatic carbocycles. The Morgan fingerprint density at radius 1 is 1.60 bits per heavy atom. The van der Waals surface area contributed by atoms with Gasteiger partial charge in [-0.1, -0.05) is 6.92 Å². The molecule has 0 heterocycles. The summed E-state index contributed by atoms with van der Waals surface area (Å²) in [5.74, 6) is 0. The summed E-state index contributed by atoms with van der Waals surface area (Å²) in [6, 6.07) is 0. The molecule has 0 aliphatic heterocycles. The maximum atomic E-state index is 11.9. The van der Waals surface area contributed by atoms with Gasteiger partial charge in [-0.3, -0.25) is 0 Å². The average Bonchev–Trinajstić information content (AvgIpc) is 2.60. The van der Waals surface area contributed by atoms with Crippen molar-refractivity contribution in [2.75, 3.05) is 19.8 Å². The van der Waals surface area contributed by atoms with E-state index in [1.807, 2.05) is 6.92 Å². The van der Waals surface area contributed by atoms with Gasteiger partial charge in [-0.2, -0.15) is 0 Å². The van der Waals surface area contributed by atoms with Gasteiger partial charge >= 0.3 is 0 Å². The van der Waals surface area contributed by atoms with Crippen molar-refractivity contribution >= 4 is 0 Å². The highest BCUT2D eigenvalue weighted by atomic mass is 19.3. The summed E-state index contributed by atoms with van der Waals surface area (Å²) in [6.07, 6.45) is -0.422. The smallest absolute Gasteiger partial charge is 0.261 e. The van der Waals surface area contributed by atoms with Crippen LogP contribution in [-0.2, 0) is 4.74 Å². The van der Waals surface area contributed by atoms with Gasteiger partial charge in [0.2, 0.25) is 0 Å². The number of rotatable bonds is 6. The molecule has 0 radical (unpaired) electrons. The molecule has 1 saturated carbocycles. The fourth-order valence-electron chi connectivity index (χ4n) is 2.16. The third-order valence-electron chi connectivity index (χ3n) is 2.88. The van der Waals surface area contributed by atoms with Gasteiger partial charge in [-0.25, -0.2) is 8.78 Å². The van der Waals surface area contributed by atoms with Crippen molar-refractivity contribution < 1.29 is 18.6 Å². The maximum absolute atomic E-state index is 11.9. The molecule has 0 aromatic carbocycles. The highest BCUT2D eigenvalue weighted by Gasteiger charge is 2.38. The van der Waals surface area contributed by atoms with E-state index in [4.69, 9.17) is 4.74 Å². The second-order valence-corrected chi connectivity index (χ2v) is 4.06. The van der Waals surface area contributed by atoms with Crippen LogP contribution in [0.15, 0.2) is 0 Å². The number of aliphatic hydroxyl groups excluding tert-OH is 1. The van der Waals surface area contributed by atoms with Gasteiger partial charge in [0.15, 0.2) is 0 Å². The number of nitrogens with one attached hydrogen (secondary N) is 1. The van der Waals surface area contributed by atoms with E-state index in [0.717, 1.165) is 19.4 Å². The van der Waals surface area contributed by atoms with Crippen molar-refractivity contribution in [3.8, 4) is 0 Å². The van der Waals surface area contributed by atoms with Crippen molar-refractivity contribution in [1.82, 2.24) is 5.32 Å². The number of ether oxygens (including phenoxy) is 1. The number of hydrogen-bond donors (Lipinski definition) is 2. The maximum Gasteiger partial charge on any atom is 0.261 e. The second-order valence-electron chi connectivity index (χ2n) is 4.06. The van der Waals surface area contributed by atoms with Crippen LogP contribution in [-0.4, -0.2) is 42.9 Å². The molecule has 1 rings (SSSR count). The van der Waals surface area contributed by atoms with Crippen LogP contribution >= 0.6 is 0 Å². The molecule has 2 unspecified atom stereocenters. The van der Waals surface area contributed by atoms with Gasteiger partial charge in [0.05, 0.1) is 12.7 Å². The molecule has 0 aromatic heterocycles. The summed E-state index contributed by atoms with van der Waals surface area (Å²) in [5.41, 5.74) is -0.318. The van der Waals surface area contributed by atoms with E-state index in [2.05, 4.69) is 5.32 Å². The lowest BCUT2D eigenvalue weighted by Gasteiger charge is -2.27. The van der Waals surface area contributed by atoms with Crippen LogP contribution < -0.4 is 5.32 Å². The first-order chi connectivity index (χ1) is 7.12. The van der Waals surface area contributed by atoms with Crippen molar-refractivity contribution in [3.63, 3.8) is 0 Å². The zero-order chi connectivity index (χ0) is 11.3. The van der Waals surface area contributed by atoms with E-state index in [0.29, 0.717) is 6.42 Å². The molecular formula is C10H19F2NO2. The lowest BCUT2D eigenvalue weighted by Crippen LogP contribution is -2.46. The third-order valence-corrected chi connectivity index (χ3v) is 2.88. The third kappa shape index (κ3) is 3.66. The molecular weight excluding hydrogens is 204 g/mol. The molecule has 3 nitrogen and oxygen atoms in total. The number of likely N-dealkylation sites (N-methyl/N-ethyl adjacent to an activating group) is 1. The Morgan fingerprint density at radius 2 is 2.33 bits per heavy atom. The Labute approximate surface area is 88.8 Å². The quantitative estimate of drug-likeness (QED) is 0.710. The lowest BCUT2D eigenvalue weighted by molar-refractivity contribution is -0.0250. The van der Waals surface area contributed by atoms with Crippen LogP contribution in [0.2, 0.25) is 0 Å².